The zero-order chi connectivity index (χ0) is 13.9. The van der Waals surface area contributed by atoms with Crippen LogP contribution in [0.2, 0.25) is 0 Å². The zero-order valence-corrected chi connectivity index (χ0v) is 10.3. The largest absolute Gasteiger partial charge is 0.390 e. The third kappa shape index (κ3) is 3.87. The van der Waals surface area contributed by atoms with Crippen LogP contribution in [0.1, 0.15) is 24.9 Å². The molecule has 6 heteroatoms. The first-order valence-corrected chi connectivity index (χ1v) is 5.54. The fraction of sp³-hybridized carbons (Fsp3) is 0.500. The highest BCUT2D eigenvalue weighted by Gasteiger charge is 2.28. The van der Waals surface area contributed by atoms with E-state index < -0.39 is 24.5 Å². The minimum Gasteiger partial charge on any atom is -0.372 e. The molecule has 0 spiro atoms. The fourth-order valence-corrected chi connectivity index (χ4v) is 1.71. The van der Waals surface area contributed by atoms with Crippen molar-refractivity contribution in [3.05, 3.63) is 29.6 Å². The second-order valence-electron chi connectivity index (χ2n) is 4.25. The van der Waals surface area contributed by atoms with Crippen molar-refractivity contribution in [1.82, 2.24) is 0 Å². The normalized spacial score (nSPS) is 13.5. The highest BCUT2D eigenvalue weighted by Crippen LogP contribution is 2.29. The van der Waals surface area contributed by atoms with Crippen molar-refractivity contribution in [2.24, 2.45) is 5.73 Å². The molecular formula is C12H16F4N2. The number of rotatable bonds is 4. The Morgan fingerprint density at radius 1 is 1.33 bits per heavy atom. The van der Waals surface area contributed by atoms with Gasteiger partial charge in [-0.15, -0.1) is 0 Å². The minimum absolute atomic E-state index is 0.136. The Morgan fingerprint density at radius 2 is 1.94 bits per heavy atom. The van der Waals surface area contributed by atoms with Gasteiger partial charge in [0.1, 0.15) is 5.82 Å². The van der Waals surface area contributed by atoms with Crippen LogP contribution in [0.15, 0.2) is 18.2 Å². The van der Waals surface area contributed by atoms with E-state index in [-0.39, 0.29) is 12.2 Å². The van der Waals surface area contributed by atoms with E-state index in [4.69, 9.17) is 5.73 Å². The molecule has 0 saturated heterocycles. The maximum absolute atomic E-state index is 13.7. The SMILES string of the molecule is C[C@@H](N)c1cccc(F)c1N(C)CCC(F)(F)F. The summed E-state index contributed by atoms with van der Waals surface area (Å²) >= 11 is 0. The maximum Gasteiger partial charge on any atom is 0.390 e. The molecule has 0 amide bonds. The molecule has 1 atom stereocenters. The molecule has 2 N–H and O–H groups in total. The maximum atomic E-state index is 13.7. The lowest BCUT2D eigenvalue weighted by molar-refractivity contribution is -0.132. The van der Waals surface area contributed by atoms with Gasteiger partial charge in [0.05, 0.1) is 12.1 Å². The summed E-state index contributed by atoms with van der Waals surface area (Å²) < 4.78 is 50.1. The summed E-state index contributed by atoms with van der Waals surface area (Å²) in [5.74, 6) is -0.561. The summed E-state index contributed by atoms with van der Waals surface area (Å²) in [7, 11) is 1.43. The van der Waals surface area contributed by atoms with Gasteiger partial charge < -0.3 is 10.6 Å². The standard InChI is InChI=1S/C12H16F4N2/c1-8(17)9-4-3-5-10(13)11(9)18(2)7-6-12(14,15)16/h3-5,8H,6-7,17H2,1-2H3/t8-/m1/s1. The molecule has 1 aromatic carbocycles. The summed E-state index contributed by atoms with van der Waals surface area (Å²) in [5, 5.41) is 0. The molecule has 0 aliphatic rings. The smallest absolute Gasteiger partial charge is 0.372 e. The van der Waals surface area contributed by atoms with Crippen LogP contribution in [0.3, 0.4) is 0 Å². The Balaban J connectivity index is 2.94. The highest BCUT2D eigenvalue weighted by molar-refractivity contribution is 5.55. The molecular weight excluding hydrogens is 248 g/mol. The molecule has 0 aliphatic heterocycles. The number of benzene rings is 1. The van der Waals surface area contributed by atoms with Crippen LogP contribution in [0.25, 0.3) is 0 Å². The third-order valence-corrected chi connectivity index (χ3v) is 2.62. The van der Waals surface area contributed by atoms with Gasteiger partial charge in [0, 0.05) is 19.6 Å². The first-order chi connectivity index (χ1) is 8.22. The molecule has 0 saturated carbocycles. The lowest BCUT2D eigenvalue weighted by Crippen LogP contribution is -2.26. The van der Waals surface area contributed by atoms with Crippen molar-refractivity contribution >= 4 is 5.69 Å². The van der Waals surface area contributed by atoms with E-state index >= 15 is 0 Å². The van der Waals surface area contributed by atoms with Crippen LogP contribution < -0.4 is 10.6 Å². The van der Waals surface area contributed by atoms with Crippen molar-refractivity contribution in [3.63, 3.8) is 0 Å². The van der Waals surface area contributed by atoms with Crippen LogP contribution in [0, 0.1) is 5.82 Å². The predicted octanol–water partition coefficient (Wildman–Crippen LogP) is 3.23. The van der Waals surface area contributed by atoms with E-state index in [1.165, 1.54) is 24.1 Å². The average Bonchev–Trinajstić information content (AvgIpc) is 2.24. The molecule has 0 bridgehead atoms. The lowest BCUT2D eigenvalue weighted by Gasteiger charge is -2.25. The Morgan fingerprint density at radius 3 is 2.44 bits per heavy atom. The topological polar surface area (TPSA) is 29.3 Å². The Bertz CT molecular complexity index is 402. The Labute approximate surface area is 103 Å². The summed E-state index contributed by atoms with van der Waals surface area (Å²) in [6, 6.07) is 3.89. The van der Waals surface area contributed by atoms with Crippen LogP contribution in [-0.4, -0.2) is 19.8 Å². The number of alkyl halides is 3. The molecule has 0 heterocycles. The molecule has 0 unspecified atom stereocenters. The molecule has 102 valence electrons. The number of halogens is 4. The third-order valence-electron chi connectivity index (χ3n) is 2.62. The number of nitrogens with zero attached hydrogens (tertiary/aromatic N) is 1. The fourth-order valence-electron chi connectivity index (χ4n) is 1.71. The van der Waals surface area contributed by atoms with Crippen molar-refractivity contribution < 1.29 is 17.6 Å². The number of hydrogen-bond acceptors (Lipinski definition) is 2. The number of anilines is 1. The van der Waals surface area contributed by atoms with E-state index in [0.717, 1.165) is 0 Å². The van der Waals surface area contributed by atoms with Crippen LogP contribution in [0.5, 0.6) is 0 Å². The van der Waals surface area contributed by atoms with Gasteiger partial charge in [-0.25, -0.2) is 4.39 Å². The number of hydrogen-bond donors (Lipinski definition) is 1. The van der Waals surface area contributed by atoms with Gasteiger partial charge in [-0.3, -0.25) is 0 Å². The van der Waals surface area contributed by atoms with E-state index in [0.29, 0.717) is 5.56 Å². The van der Waals surface area contributed by atoms with Gasteiger partial charge in [0.15, 0.2) is 0 Å². The average molecular weight is 264 g/mol. The molecule has 2 nitrogen and oxygen atoms in total. The lowest BCUT2D eigenvalue weighted by atomic mass is 10.1. The molecule has 0 radical (unpaired) electrons. The first kappa shape index (κ1) is 14.8. The van der Waals surface area contributed by atoms with Crippen molar-refractivity contribution in [2.45, 2.75) is 25.6 Å². The molecule has 1 aromatic rings. The van der Waals surface area contributed by atoms with Gasteiger partial charge in [-0.2, -0.15) is 13.2 Å². The van der Waals surface area contributed by atoms with E-state index in [1.54, 1.807) is 13.0 Å². The summed E-state index contributed by atoms with van der Waals surface area (Å²) in [6.45, 7) is 1.36. The van der Waals surface area contributed by atoms with Crippen molar-refractivity contribution in [3.8, 4) is 0 Å². The quantitative estimate of drug-likeness (QED) is 0.846. The van der Waals surface area contributed by atoms with Crippen LogP contribution in [0.4, 0.5) is 23.2 Å². The van der Waals surface area contributed by atoms with Gasteiger partial charge in [0.2, 0.25) is 0 Å². The Kier molecular flexibility index (Phi) is 4.56. The summed E-state index contributed by atoms with van der Waals surface area (Å²) in [6.07, 6.45) is -5.25. The van der Waals surface area contributed by atoms with Crippen LogP contribution in [-0.2, 0) is 0 Å². The summed E-state index contributed by atoms with van der Waals surface area (Å²) in [5.41, 5.74) is 6.32. The van der Waals surface area contributed by atoms with Gasteiger partial charge in [-0.1, -0.05) is 12.1 Å². The molecule has 0 aromatic heterocycles. The number of nitrogens with two attached hydrogens (primary N) is 1. The summed E-state index contributed by atoms with van der Waals surface area (Å²) in [4.78, 5) is 1.25. The number of para-hydroxylation sites is 1. The van der Waals surface area contributed by atoms with Crippen LogP contribution >= 0.6 is 0 Å². The van der Waals surface area contributed by atoms with Crippen molar-refractivity contribution in [1.29, 1.82) is 0 Å². The first-order valence-electron chi connectivity index (χ1n) is 5.54. The Hall–Kier alpha value is -1.30. The highest BCUT2D eigenvalue weighted by atomic mass is 19.4. The second kappa shape index (κ2) is 5.56. The van der Waals surface area contributed by atoms with Crippen molar-refractivity contribution in [2.75, 3.05) is 18.5 Å². The minimum atomic E-state index is -4.26. The molecule has 0 fully saturated rings. The van der Waals surface area contributed by atoms with E-state index in [2.05, 4.69) is 0 Å². The van der Waals surface area contributed by atoms with Gasteiger partial charge >= 0.3 is 6.18 Å². The van der Waals surface area contributed by atoms with Gasteiger partial charge in [0.25, 0.3) is 0 Å². The molecule has 0 aliphatic carbocycles. The molecule has 18 heavy (non-hydrogen) atoms. The van der Waals surface area contributed by atoms with E-state index in [9.17, 15) is 17.6 Å². The molecule has 1 rings (SSSR count). The predicted molar refractivity (Wildman–Crippen MR) is 62.9 cm³/mol. The van der Waals surface area contributed by atoms with E-state index in [1.807, 2.05) is 0 Å². The van der Waals surface area contributed by atoms with Gasteiger partial charge in [-0.05, 0) is 18.6 Å². The monoisotopic (exact) mass is 264 g/mol. The second-order valence-corrected chi connectivity index (χ2v) is 4.25. The zero-order valence-electron chi connectivity index (χ0n) is 10.3.